The Morgan fingerprint density at radius 2 is 1.97 bits per heavy atom. The number of quaternary nitrogens is 1. The molecule has 0 radical (unpaired) electrons. The Kier molecular flexibility index (Phi) is 5.15. The Morgan fingerprint density at radius 3 is 2.69 bits per heavy atom. The van der Waals surface area contributed by atoms with Crippen molar-refractivity contribution >= 4 is 39.4 Å². The van der Waals surface area contributed by atoms with Crippen LogP contribution in [0.15, 0.2) is 40.8 Å². The summed E-state index contributed by atoms with van der Waals surface area (Å²) in [5, 5.41) is 7.82. The first-order valence-electron chi connectivity index (χ1n) is 9.88. The van der Waals surface area contributed by atoms with Gasteiger partial charge < -0.3 is 24.7 Å². The van der Waals surface area contributed by atoms with E-state index < -0.39 is 6.04 Å². The maximum atomic E-state index is 12.8. The molecule has 1 aromatic heterocycles. The van der Waals surface area contributed by atoms with E-state index >= 15 is 0 Å². The summed E-state index contributed by atoms with van der Waals surface area (Å²) in [6.07, 6.45) is 2.09. The van der Waals surface area contributed by atoms with Gasteiger partial charge in [0.05, 0.1) is 19.8 Å². The summed E-state index contributed by atoms with van der Waals surface area (Å²) in [7, 11) is 3.42. The van der Waals surface area contributed by atoms with Gasteiger partial charge in [0.1, 0.15) is 16.9 Å². The molecule has 2 amide bonds. The average molecular weight is 396 g/mol. The van der Waals surface area contributed by atoms with Crippen LogP contribution in [0.2, 0.25) is 0 Å². The number of para-hydroxylation sites is 1. The highest BCUT2D eigenvalue weighted by Crippen LogP contribution is 2.36. The number of methoxy groups -OCH3 is 1. The monoisotopic (exact) mass is 396 g/mol. The molecule has 2 aromatic carbocycles. The van der Waals surface area contributed by atoms with Crippen LogP contribution in [0.5, 0.6) is 5.75 Å². The maximum Gasteiger partial charge on any atom is 0.282 e. The second-order valence-electron chi connectivity index (χ2n) is 7.72. The molecule has 29 heavy (non-hydrogen) atoms. The standard InChI is InChI=1S/C22H25N3O4/c1-13(25(2)12-21(26)23-14-8-9-14)22(27)24-17-11-19-16(10-20(17)28-3)15-6-4-5-7-18(15)29-19/h4-7,10-11,13-14H,8-9,12H2,1-3H3,(H,23,26)(H,24,27)/p+1/t13-/m1/s1. The van der Waals surface area contributed by atoms with Crippen molar-refractivity contribution in [1.82, 2.24) is 5.32 Å². The van der Waals surface area contributed by atoms with Crippen molar-refractivity contribution in [3.05, 3.63) is 36.4 Å². The molecule has 7 nitrogen and oxygen atoms in total. The Hall–Kier alpha value is -3.06. The number of rotatable bonds is 7. The Morgan fingerprint density at radius 1 is 1.21 bits per heavy atom. The topological polar surface area (TPSA) is 85.0 Å². The van der Waals surface area contributed by atoms with Crippen LogP contribution >= 0.6 is 0 Å². The van der Waals surface area contributed by atoms with Crippen LogP contribution < -0.4 is 20.3 Å². The minimum atomic E-state index is -0.406. The van der Waals surface area contributed by atoms with E-state index in [0.29, 0.717) is 23.1 Å². The Labute approximate surface area is 169 Å². The molecule has 1 unspecified atom stereocenters. The number of carbonyl (C=O) groups is 2. The first-order valence-corrected chi connectivity index (χ1v) is 9.88. The van der Waals surface area contributed by atoms with Crippen LogP contribution in [0.25, 0.3) is 21.9 Å². The normalized spacial score (nSPS) is 15.8. The fraction of sp³-hybridized carbons (Fsp3) is 0.364. The lowest BCUT2D eigenvalue weighted by atomic mass is 10.1. The second kappa shape index (κ2) is 7.75. The van der Waals surface area contributed by atoms with Crippen molar-refractivity contribution < 1.29 is 23.6 Å². The SMILES string of the molecule is COc1cc2c(cc1NC(=O)[C@@H](C)[NH+](C)CC(=O)NC1CC1)oc1ccccc12. The lowest BCUT2D eigenvalue weighted by Crippen LogP contribution is -3.15. The molecule has 152 valence electrons. The number of furan rings is 1. The van der Waals surface area contributed by atoms with Gasteiger partial charge in [-0.25, -0.2) is 0 Å². The van der Waals surface area contributed by atoms with Crippen molar-refractivity contribution in [2.75, 3.05) is 26.0 Å². The molecule has 1 fully saturated rings. The molecule has 2 atom stereocenters. The van der Waals surface area contributed by atoms with E-state index in [1.807, 2.05) is 37.4 Å². The van der Waals surface area contributed by atoms with Gasteiger partial charge in [0.2, 0.25) is 0 Å². The fourth-order valence-corrected chi connectivity index (χ4v) is 3.40. The molecule has 4 rings (SSSR count). The number of hydrogen-bond acceptors (Lipinski definition) is 4. The van der Waals surface area contributed by atoms with Gasteiger partial charge in [-0.2, -0.15) is 0 Å². The molecular weight excluding hydrogens is 370 g/mol. The highest BCUT2D eigenvalue weighted by molar-refractivity contribution is 6.08. The van der Waals surface area contributed by atoms with Crippen LogP contribution in [0.3, 0.4) is 0 Å². The third-order valence-corrected chi connectivity index (χ3v) is 5.47. The Bertz CT molecular complexity index is 1070. The smallest absolute Gasteiger partial charge is 0.282 e. The number of likely N-dealkylation sites (N-methyl/N-ethyl adjacent to an activating group) is 1. The third kappa shape index (κ3) is 4.05. The number of hydrogen-bond donors (Lipinski definition) is 3. The van der Waals surface area contributed by atoms with Gasteiger partial charge in [-0.05, 0) is 31.9 Å². The number of nitrogens with one attached hydrogen (secondary N) is 3. The second-order valence-corrected chi connectivity index (χ2v) is 7.72. The minimum absolute atomic E-state index is 0.0223. The first-order chi connectivity index (χ1) is 14.0. The van der Waals surface area contributed by atoms with Gasteiger partial charge in [0, 0.05) is 22.9 Å². The maximum absolute atomic E-state index is 12.8. The third-order valence-electron chi connectivity index (χ3n) is 5.47. The molecule has 1 aliphatic rings. The summed E-state index contributed by atoms with van der Waals surface area (Å²) in [4.78, 5) is 25.6. The highest BCUT2D eigenvalue weighted by Gasteiger charge is 2.28. The molecule has 0 bridgehead atoms. The molecule has 3 aromatic rings. The van der Waals surface area contributed by atoms with E-state index in [1.54, 1.807) is 20.1 Å². The average Bonchev–Trinajstić information content (AvgIpc) is 3.44. The number of anilines is 1. The number of benzene rings is 2. The van der Waals surface area contributed by atoms with Crippen molar-refractivity contribution in [3.8, 4) is 5.75 Å². The summed E-state index contributed by atoms with van der Waals surface area (Å²) >= 11 is 0. The molecule has 7 heteroatoms. The summed E-state index contributed by atoms with van der Waals surface area (Å²) in [6, 6.07) is 11.4. The van der Waals surface area contributed by atoms with Gasteiger partial charge in [-0.1, -0.05) is 18.2 Å². The van der Waals surface area contributed by atoms with E-state index in [9.17, 15) is 9.59 Å². The summed E-state index contributed by atoms with van der Waals surface area (Å²) in [6.45, 7) is 2.06. The molecule has 1 saturated carbocycles. The number of amides is 2. The van der Waals surface area contributed by atoms with Crippen LogP contribution in [0, 0.1) is 0 Å². The van der Waals surface area contributed by atoms with E-state index in [-0.39, 0.29) is 18.4 Å². The number of fused-ring (bicyclic) bond motifs is 3. The van der Waals surface area contributed by atoms with E-state index in [4.69, 9.17) is 9.15 Å². The zero-order chi connectivity index (χ0) is 20.5. The predicted octanol–water partition coefficient (Wildman–Crippen LogP) is 1.71. The predicted molar refractivity (Wildman–Crippen MR) is 111 cm³/mol. The van der Waals surface area contributed by atoms with Gasteiger partial charge in [-0.3, -0.25) is 9.59 Å². The van der Waals surface area contributed by atoms with E-state index in [1.165, 1.54) is 0 Å². The van der Waals surface area contributed by atoms with Crippen molar-refractivity contribution in [3.63, 3.8) is 0 Å². The zero-order valence-corrected chi connectivity index (χ0v) is 16.9. The fourth-order valence-electron chi connectivity index (χ4n) is 3.40. The number of carbonyl (C=O) groups excluding carboxylic acids is 2. The van der Waals surface area contributed by atoms with Gasteiger partial charge in [0.15, 0.2) is 12.6 Å². The molecule has 0 aliphatic heterocycles. The van der Waals surface area contributed by atoms with E-state index in [2.05, 4.69) is 10.6 Å². The van der Waals surface area contributed by atoms with Gasteiger partial charge in [0.25, 0.3) is 11.8 Å². The molecule has 3 N–H and O–H groups in total. The van der Waals surface area contributed by atoms with Crippen molar-refractivity contribution in [1.29, 1.82) is 0 Å². The first kappa shape index (κ1) is 19.3. The molecule has 1 aliphatic carbocycles. The molecule has 0 spiro atoms. The molecular formula is C22H26N3O4+. The van der Waals surface area contributed by atoms with Crippen LogP contribution in [0.4, 0.5) is 5.69 Å². The lowest BCUT2D eigenvalue weighted by molar-refractivity contribution is -0.885. The van der Waals surface area contributed by atoms with Gasteiger partial charge >= 0.3 is 0 Å². The van der Waals surface area contributed by atoms with Crippen LogP contribution in [-0.2, 0) is 9.59 Å². The summed E-state index contributed by atoms with van der Waals surface area (Å²) < 4.78 is 11.4. The largest absolute Gasteiger partial charge is 0.495 e. The summed E-state index contributed by atoms with van der Waals surface area (Å²) in [5.74, 6) is 0.357. The Balaban J connectivity index is 1.51. The number of ether oxygens (including phenoxy) is 1. The zero-order valence-electron chi connectivity index (χ0n) is 16.9. The van der Waals surface area contributed by atoms with Crippen LogP contribution in [0.1, 0.15) is 19.8 Å². The molecule has 1 heterocycles. The lowest BCUT2D eigenvalue weighted by Gasteiger charge is -2.21. The minimum Gasteiger partial charge on any atom is -0.495 e. The van der Waals surface area contributed by atoms with Gasteiger partial charge in [-0.15, -0.1) is 0 Å². The quantitative estimate of drug-likeness (QED) is 0.568. The van der Waals surface area contributed by atoms with Crippen LogP contribution in [-0.4, -0.2) is 44.6 Å². The van der Waals surface area contributed by atoms with Crippen molar-refractivity contribution in [2.24, 2.45) is 0 Å². The molecule has 0 saturated heterocycles. The van der Waals surface area contributed by atoms with E-state index in [0.717, 1.165) is 34.1 Å². The highest BCUT2D eigenvalue weighted by atomic mass is 16.5. The van der Waals surface area contributed by atoms with Crippen molar-refractivity contribution in [2.45, 2.75) is 31.8 Å². The summed E-state index contributed by atoms with van der Waals surface area (Å²) in [5.41, 5.74) is 2.01.